The third kappa shape index (κ3) is 2.68. The minimum Gasteiger partial charge on any atom is -0.296 e. The van der Waals surface area contributed by atoms with Crippen LogP contribution in [0.15, 0.2) is 47.3 Å². The summed E-state index contributed by atoms with van der Waals surface area (Å²) in [5.74, 6) is 0.497. The highest BCUT2D eigenvalue weighted by atomic mass is 79.9. The molecule has 0 spiro atoms. The van der Waals surface area contributed by atoms with Gasteiger partial charge in [-0.1, -0.05) is 0 Å². The molecule has 2 aromatic heterocycles. The summed E-state index contributed by atoms with van der Waals surface area (Å²) in [5.41, 5.74) is 0.590. The first-order valence-electron chi connectivity index (χ1n) is 4.98. The molecule has 2 aromatic rings. The number of carbonyl (C=O) groups excluding carboxylic acids is 1. The number of nitrogens with zero attached hydrogens (tertiary/aromatic N) is 3. The Hall–Kier alpha value is -1.75. The smallest absolute Gasteiger partial charge is 0.259 e. The van der Waals surface area contributed by atoms with Crippen LogP contribution in [0.5, 0.6) is 0 Å². The second-order valence-corrected chi connectivity index (χ2v) is 4.35. The molecule has 0 fully saturated rings. The van der Waals surface area contributed by atoms with Crippen LogP contribution in [0.1, 0.15) is 10.4 Å². The molecule has 0 aliphatic rings. The summed E-state index contributed by atoms with van der Waals surface area (Å²) in [6, 6.07) is 6.98. The summed E-state index contributed by atoms with van der Waals surface area (Å²) in [5, 5.41) is 0. The molecule has 2 heterocycles. The van der Waals surface area contributed by atoms with Crippen molar-refractivity contribution in [3.63, 3.8) is 0 Å². The van der Waals surface area contributed by atoms with E-state index in [0.29, 0.717) is 11.4 Å². The van der Waals surface area contributed by atoms with Crippen LogP contribution in [0.25, 0.3) is 0 Å². The molecule has 0 radical (unpaired) electrons. The van der Waals surface area contributed by atoms with Gasteiger partial charge in [0.15, 0.2) is 0 Å². The van der Waals surface area contributed by atoms with Gasteiger partial charge in [0.05, 0.1) is 0 Å². The van der Waals surface area contributed by atoms with Gasteiger partial charge < -0.3 is 0 Å². The molecule has 86 valence electrons. The lowest BCUT2D eigenvalue weighted by atomic mass is 10.2. The van der Waals surface area contributed by atoms with Crippen LogP contribution in [-0.4, -0.2) is 22.9 Å². The zero-order valence-corrected chi connectivity index (χ0v) is 10.8. The third-order valence-electron chi connectivity index (χ3n) is 2.29. The molecule has 0 aliphatic heterocycles. The van der Waals surface area contributed by atoms with Crippen LogP contribution in [0, 0.1) is 0 Å². The maximum Gasteiger partial charge on any atom is 0.259 e. The number of halogens is 1. The monoisotopic (exact) mass is 291 g/mol. The second-order valence-electron chi connectivity index (χ2n) is 3.43. The topological polar surface area (TPSA) is 46.1 Å². The molecular weight excluding hydrogens is 282 g/mol. The van der Waals surface area contributed by atoms with Crippen molar-refractivity contribution < 1.29 is 4.79 Å². The van der Waals surface area contributed by atoms with Crippen molar-refractivity contribution in [2.24, 2.45) is 0 Å². The van der Waals surface area contributed by atoms with E-state index < -0.39 is 0 Å². The van der Waals surface area contributed by atoms with Crippen LogP contribution in [0.4, 0.5) is 5.82 Å². The number of pyridine rings is 2. The summed E-state index contributed by atoms with van der Waals surface area (Å²) in [6.45, 7) is 0. The van der Waals surface area contributed by atoms with E-state index in [1.54, 1.807) is 43.8 Å². The minimum atomic E-state index is -0.109. The van der Waals surface area contributed by atoms with E-state index in [1.807, 2.05) is 6.07 Å². The first-order chi connectivity index (χ1) is 8.18. The molecule has 0 bridgehead atoms. The largest absolute Gasteiger partial charge is 0.296 e. The predicted molar refractivity (Wildman–Crippen MR) is 68.9 cm³/mol. The van der Waals surface area contributed by atoms with E-state index >= 15 is 0 Å². The van der Waals surface area contributed by atoms with E-state index in [1.165, 1.54) is 4.90 Å². The number of rotatable bonds is 2. The van der Waals surface area contributed by atoms with Gasteiger partial charge in [-0.15, -0.1) is 0 Å². The average Bonchev–Trinajstić information content (AvgIpc) is 2.39. The zero-order valence-electron chi connectivity index (χ0n) is 9.17. The lowest BCUT2D eigenvalue weighted by Gasteiger charge is -2.15. The maximum atomic E-state index is 12.1. The van der Waals surface area contributed by atoms with Crippen molar-refractivity contribution in [1.82, 2.24) is 9.97 Å². The number of hydrogen-bond acceptors (Lipinski definition) is 3. The van der Waals surface area contributed by atoms with E-state index in [2.05, 4.69) is 25.9 Å². The summed E-state index contributed by atoms with van der Waals surface area (Å²) >= 11 is 3.30. The van der Waals surface area contributed by atoms with Crippen LogP contribution < -0.4 is 4.90 Å². The number of carbonyl (C=O) groups is 1. The van der Waals surface area contributed by atoms with Crippen LogP contribution >= 0.6 is 15.9 Å². The van der Waals surface area contributed by atoms with Gasteiger partial charge >= 0.3 is 0 Å². The second kappa shape index (κ2) is 5.05. The Bertz CT molecular complexity index is 513. The van der Waals surface area contributed by atoms with Crippen LogP contribution in [-0.2, 0) is 0 Å². The molecule has 1 amide bonds. The third-order valence-corrected chi connectivity index (χ3v) is 2.76. The highest BCUT2D eigenvalue weighted by Crippen LogP contribution is 2.15. The fourth-order valence-corrected chi connectivity index (χ4v) is 1.59. The van der Waals surface area contributed by atoms with E-state index in [-0.39, 0.29) is 5.91 Å². The molecule has 2 rings (SSSR count). The minimum absolute atomic E-state index is 0.109. The molecule has 0 saturated carbocycles. The van der Waals surface area contributed by atoms with Gasteiger partial charge in [0, 0.05) is 35.7 Å². The Morgan fingerprint density at radius 3 is 2.53 bits per heavy atom. The van der Waals surface area contributed by atoms with Crippen molar-refractivity contribution in [1.29, 1.82) is 0 Å². The molecule has 0 saturated heterocycles. The molecule has 0 aliphatic carbocycles. The molecule has 0 aromatic carbocycles. The predicted octanol–water partition coefficient (Wildman–Crippen LogP) is 2.52. The molecule has 17 heavy (non-hydrogen) atoms. The van der Waals surface area contributed by atoms with E-state index in [0.717, 1.165) is 4.47 Å². The summed E-state index contributed by atoms with van der Waals surface area (Å²) in [4.78, 5) is 21.6. The Kier molecular flexibility index (Phi) is 3.49. The van der Waals surface area contributed by atoms with Crippen molar-refractivity contribution >= 4 is 27.7 Å². The molecule has 0 atom stereocenters. The van der Waals surface area contributed by atoms with E-state index in [4.69, 9.17) is 0 Å². The summed E-state index contributed by atoms with van der Waals surface area (Å²) < 4.78 is 0.881. The van der Waals surface area contributed by atoms with Gasteiger partial charge in [-0.3, -0.25) is 14.7 Å². The first kappa shape index (κ1) is 11.7. The van der Waals surface area contributed by atoms with Gasteiger partial charge in [0.25, 0.3) is 5.91 Å². The van der Waals surface area contributed by atoms with Crippen molar-refractivity contribution in [2.45, 2.75) is 0 Å². The summed E-state index contributed by atoms with van der Waals surface area (Å²) in [6.07, 6.45) is 4.85. The fraction of sp³-hybridized carbons (Fsp3) is 0.0833. The highest BCUT2D eigenvalue weighted by molar-refractivity contribution is 9.10. The molecule has 4 nitrogen and oxygen atoms in total. The van der Waals surface area contributed by atoms with Gasteiger partial charge in [-0.05, 0) is 40.2 Å². The quantitative estimate of drug-likeness (QED) is 0.854. The Balaban J connectivity index is 2.23. The molecule has 0 N–H and O–H groups in total. The summed E-state index contributed by atoms with van der Waals surface area (Å²) in [7, 11) is 1.69. The maximum absolute atomic E-state index is 12.1. The Labute approximate surface area is 107 Å². The number of aromatic nitrogens is 2. The van der Waals surface area contributed by atoms with Crippen molar-refractivity contribution in [3.8, 4) is 0 Å². The van der Waals surface area contributed by atoms with Gasteiger partial charge in [-0.2, -0.15) is 0 Å². The Morgan fingerprint density at radius 1 is 1.24 bits per heavy atom. The molecule has 0 unspecified atom stereocenters. The SMILES string of the molecule is CN(C(=O)c1ccncc1)c1ccc(Br)cn1. The van der Waals surface area contributed by atoms with E-state index in [9.17, 15) is 4.79 Å². The lowest BCUT2D eigenvalue weighted by molar-refractivity contribution is 0.0992. The van der Waals surface area contributed by atoms with Gasteiger partial charge in [-0.25, -0.2) is 4.98 Å². The number of hydrogen-bond donors (Lipinski definition) is 0. The standard InChI is InChI=1S/C12H10BrN3O/c1-16(11-3-2-10(13)8-15-11)12(17)9-4-6-14-7-5-9/h2-8H,1H3. The molecule has 5 heteroatoms. The average molecular weight is 292 g/mol. The Morgan fingerprint density at radius 2 is 1.94 bits per heavy atom. The zero-order chi connectivity index (χ0) is 12.3. The molecular formula is C12H10BrN3O. The van der Waals surface area contributed by atoms with Crippen molar-refractivity contribution in [2.75, 3.05) is 11.9 Å². The van der Waals surface area contributed by atoms with Gasteiger partial charge in [0.2, 0.25) is 0 Å². The van der Waals surface area contributed by atoms with Crippen molar-refractivity contribution in [3.05, 3.63) is 52.9 Å². The number of anilines is 1. The lowest BCUT2D eigenvalue weighted by Crippen LogP contribution is -2.26. The number of amides is 1. The van der Waals surface area contributed by atoms with Crippen LogP contribution in [0.3, 0.4) is 0 Å². The van der Waals surface area contributed by atoms with Crippen LogP contribution in [0.2, 0.25) is 0 Å². The highest BCUT2D eigenvalue weighted by Gasteiger charge is 2.13. The first-order valence-corrected chi connectivity index (χ1v) is 5.77. The fourth-order valence-electron chi connectivity index (χ4n) is 1.36. The van der Waals surface area contributed by atoms with Gasteiger partial charge in [0.1, 0.15) is 5.82 Å². The normalized spacial score (nSPS) is 10.0.